The second kappa shape index (κ2) is 5.06. The second-order valence-electron chi connectivity index (χ2n) is 3.71. The lowest BCUT2D eigenvalue weighted by Gasteiger charge is -2.08. The van der Waals surface area contributed by atoms with Crippen molar-refractivity contribution in [2.45, 2.75) is 0 Å². The summed E-state index contributed by atoms with van der Waals surface area (Å²) < 4.78 is 5.52. The smallest absolute Gasteiger partial charge is 0.267 e. The van der Waals surface area contributed by atoms with Gasteiger partial charge < -0.3 is 16.2 Å². The number of nitriles is 1. The van der Waals surface area contributed by atoms with Crippen LogP contribution in [0.4, 0.5) is 5.69 Å². The summed E-state index contributed by atoms with van der Waals surface area (Å²) in [5, 5.41) is 8.99. The van der Waals surface area contributed by atoms with Crippen molar-refractivity contribution >= 4 is 11.6 Å². The van der Waals surface area contributed by atoms with Crippen molar-refractivity contribution in [3.63, 3.8) is 0 Å². The number of ether oxygens (including phenoxy) is 1. The topological polar surface area (TPSA) is 115 Å². The average Bonchev–Trinajstić information content (AvgIpc) is 2.41. The number of carbonyl (C=O) groups excluding carboxylic acids is 1. The molecule has 0 atom stereocenters. The molecule has 6 nitrogen and oxygen atoms in total. The normalized spacial score (nSPS) is 9.63. The number of benzene rings is 1. The van der Waals surface area contributed by atoms with E-state index in [9.17, 15) is 4.79 Å². The van der Waals surface area contributed by atoms with Crippen molar-refractivity contribution in [3.8, 4) is 17.6 Å². The fourth-order valence-electron chi connectivity index (χ4n) is 1.46. The number of anilines is 1. The van der Waals surface area contributed by atoms with Gasteiger partial charge in [-0.25, -0.2) is 0 Å². The molecule has 0 bridgehead atoms. The number of hydrogen-bond acceptors (Lipinski definition) is 5. The van der Waals surface area contributed by atoms with Crippen LogP contribution in [0.25, 0.3) is 0 Å². The van der Waals surface area contributed by atoms with Gasteiger partial charge in [0.05, 0.1) is 5.56 Å². The number of carbonyl (C=O) groups is 1. The number of nitrogens with two attached hydrogens (primary N) is 2. The van der Waals surface area contributed by atoms with E-state index in [1.165, 1.54) is 18.3 Å². The molecule has 0 aliphatic carbocycles. The summed E-state index contributed by atoms with van der Waals surface area (Å²) in [6, 6.07) is 9.65. The van der Waals surface area contributed by atoms with Crippen LogP contribution in [0.2, 0.25) is 0 Å². The molecule has 4 N–H and O–H groups in total. The molecule has 1 aromatic carbocycles. The van der Waals surface area contributed by atoms with E-state index in [1.54, 1.807) is 18.2 Å². The van der Waals surface area contributed by atoms with E-state index < -0.39 is 5.91 Å². The van der Waals surface area contributed by atoms with Gasteiger partial charge in [-0.2, -0.15) is 5.26 Å². The minimum atomic E-state index is -0.650. The van der Waals surface area contributed by atoms with Crippen LogP contribution in [0.3, 0.4) is 0 Å². The first-order valence-corrected chi connectivity index (χ1v) is 5.33. The number of amides is 1. The number of pyridine rings is 1. The SMILES string of the molecule is N#Cc1cc(N)ccc1Oc1ccnc(C(N)=O)c1. The van der Waals surface area contributed by atoms with Crippen LogP contribution in [0.15, 0.2) is 36.5 Å². The predicted octanol–water partition coefficient (Wildman–Crippen LogP) is 1.43. The summed E-state index contributed by atoms with van der Waals surface area (Å²) in [6.45, 7) is 0. The molecule has 0 aliphatic heterocycles. The number of nitrogens with zero attached hydrogens (tertiary/aromatic N) is 2. The van der Waals surface area contributed by atoms with E-state index in [0.29, 0.717) is 22.7 Å². The molecule has 1 aromatic heterocycles. The van der Waals surface area contributed by atoms with Crippen molar-refractivity contribution < 1.29 is 9.53 Å². The first-order valence-electron chi connectivity index (χ1n) is 5.33. The van der Waals surface area contributed by atoms with Gasteiger partial charge in [0.2, 0.25) is 0 Å². The molecular formula is C13H10N4O2. The van der Waals surface area contributed by atoms with E-state index in [-0.39, 0.29) is 5.69 Å². The zero-order valence-electron chi connectivity index (χ0n) is 9.83. The van der Waals surface area contributed by atoms with E-state index in [1.807, 2.05) is 6.07 Å². The highest BCUT2D eigenvalue weighted by Gasteiger charge is 2.08. The van der Waals surface area contributed by atoms with Crippen molar-refractivity contribution in [3.05, 3.63) is 47.8 Å². The Morgan fingerprint density at radius 3 is 2.79 bits per heavy atom. The first-order chi connectivity index (χ1) is 9.10. The highest BCUT2D eigenvalue weighted by Crippen LogP contribution is 2.26. The molecular weight excluding hydrogens is 244 g/mol. The molecule has 94 valence electrons. The quantitative estimate of drug-likeness (QED) is 0.804. The van der Waals surface area contributed by atoms with Crippen LogP contribution in [0, 0.1) is 11.3 Å². The Bertz CT molecular complexity index is 677. The highest BCUT2D eigenvalue weighted by molar-refractivity contribution is 5.91. The van der Waals surface area contributed by atoms with E-state index in [4.69, 9.17) is 21.5 Å². The molecule has 6 heteroatoms. The lowest BCUT2D eigenvalue weighted by molar-refractivity contribution is 0.0995. The molecule has 1 amide bonds. The molecule has 0 radical (unpaired) electrons. The van der Waals surface area contributed by atoms with Gasteiger partial charge in [0, 0.05) is 18.0 Å². The molecule has 19 heavy (non-hydrogen) atoms. The highest BCUT2D eigenvalue weighted by atomic mass is 16.5. The van der Waals surface area contributed by atoms with E-state index in [2.05, 4.69) is 4.98 Å². The van der Waals surface area contributed by atoms with Crippen molar-refractivity contribution in [2.75, 3.05) is 5.73 Å². The number of hydrogen-bond donors (Lipinski definition) is 2. The molecule has 2 rings (SSSR count). The van der Waals surface area contributed by atoms with E-state index in [0.717, 1.165) is 0 Å². The standard InChI is InChI=1S/C13H10N4O2/c14-7-8-5-9(15)1-2-12(8)19-10-3-4-17-11(6-10)13(16)18/h1-6H,15H2,(H2,16,18). The van der Waals surface area contributed by atoms with Gasteiger partial charge in [-0.05, 0) is 24.3 Å². The van der Waals surface area contributed by atoms with Gasteiger partial charge in [0.25, 0.3) is 5.91 Å². The van der Waals surface area contributed by atoms with Crippen molar-refractivity contribution in [1.82, 2.24) is 4.98 Å². The lowest BCUT2D eigenvalue weighted by atomic mass is 10.2. The van der Waals surface area contributed by atoms with Crippen molar-refractivity contribution in [2.24, 2.45) is 5.73 Å². The van der Waals surface area contributed by atoms with Crippen LogP contribution in [-0.4, -0.2) is 10.9 Å². The third-order valence-corrected chi connectivity index (χ3v) is 2.34. The molecule has 0 saturated heterocycles. The summed E-state index contributed by atoms with van der Waals surface area (Å²) in [4.78, 5) is 14.8. The van der Waals surface area contributed by atoms with Gasteiger partial charge in [0.15, 0.2) is 0 Å². The maximum absolute atomic E-state index is 11.0. The fourth-order valence-corrected chi connectivity index (χ4v) is 1.46. The summed E-state index contributed by atoms with van der Waals surface area (Å²) in [6.07, 6.45) is 1.40. The van der Waals surface area contributed by atoms with Crippen LogP contribution >= 0.6 is 0 Å². The van der Waals surface area contributed by atoms with Gasteiger partial charge in [-0.3, -0.25) is 9.78 Å². The molecule has 0 saturated carbocycles. The number of primary amides is 1. The minimum absolute atomic E-state index is 0.0893. The Kier molecular flexibility index (Phi) is 3.30. The van der Waals surface area contributed by atoms with Crippen LogP contribution in [-0.2, 0) is 0 Å². The summed E-state index contributed by atoms with van der Waals surface area (Å²) >= 11 is 0. The van der Waals surface area contributed by atoms with Crippen LogP contribution < -0.4 is 16.2 Å². The first kappa shape index (κ1) is 12.4. The minimum Gasteiger partial charge on any atom is -0.456 e. The average molecular weight is 254 g/mol. The Morgan fingerprint density at radius 1 is 1.32 bits per heavy atom. The molecule has 0 unspecified atom stereocenters. The largest absolute Gasteiger partial charge is 0.456 e. The van der Waals surface area contributed by atoms with Gasteiger partial charge in [0.1, 0.15) is 23.3 Å². The molecule has 2 aromatic rings. The number of aromatic nitrogens is 1. The predicted molar refractivity (Wildman–Crippen MR) is 68.4 cm³/mol. The van der Waals surface area contributed by atoms with Crippen molar-refractivity contribution in [1.29, 1.82) is 5.26 Å². The zero-order chi connectivity index (χ0) is 13.8. The van der Waals surface area contributed by atoms with Gasteiger partial charge >= 0.3 is 0 Å². The molecule has 0 aliphatic rings. The van der Waals surface area contributed by atoms with E-state index >= 15 is 0 Å². The monoisotopic (exact) mass is 254 g/mol. The Balaban J connectivity index is 2.34. The van der Waals surface area contributed by atoms with Gasteiger partial charge in [-0.1, -0.05) is 0 Å². The summed E-state index contributed by atoms with van der Waals surface area (Å²) in [5.74, 6) is 0.0617. The summed E-state index contributed by atoms with van der Waals surface area (Å²) in [7, 11) is 0. The van der Waals surface area contributed by atoms with Crippen LogP contribution in [0.1, 0.15) is 16.1 Å². The number of rotatable bonds is 3. The molecule has 0 fully saturated rings. The molecule has 0 spiro atoms. The number of nitrogen functional groups attached to an aromatic ring is 1. The maximum atomic E-state index is 11.0. The third kappa shape index (κ3) is 2.79. The fraction of sp³-hybridized carbons (Fsp3) is 0. The lowest BCUT2D eigenvalue weighted by Crippen LogP contribution is -2.12. The third-order valence-electron chi connectivity index (χ3n) is 2.34. The Labute approximate surface area is 109 Å². The maximum Gasteiger partial charge on any atom is 0.267 e. The summed E-state index contributed by atoms with van der Waals surface area (Å²) in [5.41, 5.74) is 11.6. The second-order valence-corrected chi connectivity index (χ2v) is 3.71. The zero-order valence-corrected chi connectivity index (χ0v) is 9.83. The van der Waals surface area contributed by atoms with Crippen LogP contribution in [0.5, 0.6) is 11.5 Å². The van der Waals surface area contributed by atoms with Gasteiger partial charge in [-0.15, -0.1) is 0 Å². The Morgan fingerprint density at radius 2 is 2.11 bits per heavy atom. The Hall–Kier alpha value is -3.07. The molecule has 1 heterocycles.